The van der Waals surface area contributed by atoms with Gasteiger partial charge < -0.3 is 14.2 Å². The number of hydrogen-bond acceptors (Lipinski definition) is 9. The zero-order valence-electron chi connectivity index (χ0n) is 41.3. The molecule has 1 aliphatic heterocycles. The summed E-state index contributed by atoms with van der Waals surface area (Å²) < 4.78 is 19.1. The van der Waals surface area contributed by atoms with Gasteiger partial charge in [0, 0.05) is 0 Å². The molecule has 9 heteroatoms. The number of carbonyl (C=O) groups is 3. The van der Waals surface area contributed by atoms with Crippen LogP contribution >= 0.6 is 0 Å². The molecule has 372 valence electrons. The van der Waals surface area contributed by atoms with Crippen molar-refractivity contribution >= 4 is 17.9 Å². The van der Waals surface area contributed by atoms with Crippen LogP contribution in [0, 0.1) is 0 Å². The van der Waals surface area contributed by atoms with Crippen molar-refractivity contribution < 1.29 is 28.6 Å². The molecule has 1 heterocycles. The van der Waals surface area contributed by atoms with Crippen LogP contribution in [-0.4, -0.2) is 55.9 Å². The zero-order valence-corrected chi connectivity index (χ0v) is 41.3. The number of rotatable bonds is 15. The fourth-order valence-corrected chi connectivity index (χ4v) is 10.5. The third kappa shape index (κ3) is 10.3. The molecule has 3 N–H and O–H groups in total. The lowest BCUT2D eigenvalue weighted by molar-refractivity contribution is -0.162. The minimum absolute atomic E-state index is 0.451. The van der Waals surface area contributed by atoms with Crippen LogP contribution < -0.4 is 16.0 Å². The van der Waals surface area contributed by atoms with Gasteiger partial charge in [-0.05, 0) is 50.1 Å². The van der Waals surface area contributed by atoms with Gasteiger partial charge >= 0.3 is 17.9 Å². The van der Waals surface area contributed by atoms with E-state index in [1.807, 2.05) is 273 Å². The van der Waals surface area contributed by atoms with Gasteiger partial charge in [-0.25, -0.2) is 0 Å². The first-order chi connectivity index (χ1) is 36.9. The van der Waals surface area contributed by atoms with Crippen molar-refractivity contribution in [3.05, 3.63) is 323 Å². The SMILES string of the molecule is O=C1OC[C@H](NC(c2ccccc2)(c2ccccc2)c2ccccc2)C(=O)OC[C@H](NC(c2ccccc2)(c2ccccc2)c2ccccc2)C(=O)OC[C@@H]1NC(c1ccccc1)(c1ccccc1)c1ccccc1. The molecule has 75 heavy (non-hydrogen) atoms. The van der Waals surface area contributed by atoms with E-state index in [2.05, 4.69) is 16.0 Å². The molecule has 0 aromatic heterocycles. The van der Waals surface area contributed by atoms with Crippen LogP contribution in [0.3, 0.4) is 0 Å². The van der Waals surface area contributed by atoms with E-state index in [1.165, 1.54) is 0 Å². The highest BCUT2D eigenvalue weighted by atomic mass is 16.6. The van der Waals surface area contributed by atoms with Gasteiger partial charge in [0.15, 0.2) is 0 Å². The first-order valence-electron chi connectivity index (χ1n) is 25.2. The standard InChI is InChI=1S/C66H57N3O6/c70-61-58(67-64(49-28-10-1-11-29-49,50-30-12-2-13-31-50)51-32-14-3-15-33-51)46-73-62(71)60(69-66(55-40-22-7-23-41-55,56-42-24-8-25-43-56)57-44-26-9-27-45-57)48-75-63(72)59(47-74-61)68-65(52-34-16-4-17-35-52,53-36-18-5-19-37-53)54-38-20-6-21-39-54/h1-45,58-60,67-69H,46-48H2/t58-,59-,60-/m0/s1. The molecule has 3 atom stereocenters. The number of ether oxygens (including phenoxy) is 3. The van der Waals surface area contributed by atoms with Gasteiger partial charge in [0.1, 0.15) is 37.9 Å². The van der Waals surface area contributed by atoms with E-state index in [-0.39, 0.29) is 0 Å². The summed E-state index contributed by atoms with van der Waals surface area (Å²) in [6.45, 7) is -1.35. The summed E-state index contributed by atoms with van der Waals surface area (Å²) in [5, 5.41) is 11.2. The molecule has 10 rings (SSSR count). The summed E-state index contributed by atoms with van der Waals surface area (Å²) in [6.07, 6.45) is 0. The van der Waals surface area contributed by atoms with Crippen molar-refractivity contribution in [1.82, 2.24) is 16.0 Å². The van der Waals surface area contributed by atoms with E-state index >= 15 is 14.4 Å². The average Bonchev–Trinajstić information content (AvgIpc) is 3.49. The molecular formula is C66H57N3O6. The molecule has 0 amide bonds. The van der Waals surface area contributed by atoms with Crippen molar-refractivity contribution in [2.45, 2.75) is 34.7 Å². The Labute approximate surface area is 438 Å². The minimum atomic E-state index is -1.30. The first kappa shape index (κ1) is 49.8. The third-order valence-electron chi connectivity index (χ3n) is 14.1. The number of hydrogen-bond donors (Lipinski definition) is 3. The molecule has 0 aliphatic carbocycles. The highest BCUT2D eigenvalue weighted by Crippen LogP contribution is 2.41. The monoisotopic (exact) mass is 987 g/mol. The van der Waals surface area contributed by atoms with Crippen molar-refractivity contribution in [3.63, 3.8) is 0 Å². The lowest BCUT2D eigenvalue weighted by atomic mass is 9.76. The fourth-order valence-electron chi connectivity index (χ4n) is 10.5. The molecular weight excluding hydrogens is 931 g/mol. The molecule has 9 aromatic rings. The minimum Gasteiger partial charge on any atom is -0.462 e. The van der Waals surface area contributed by atoms with E-state index in [9.17, 15) is 0 Å². The summed E-state index contributed by atoms with van der Waals surface area (Å²) >= 11 is 0. The van der Waals surface area contributed by atoms with Gasteiger partial charge in [-0.15, -0.1) is 0 Å². The van der Waals surface area contributed by atoms with Crippen molar-refractivity contribution in [3.8, 4) is 0 Å². The second-order valence-corrected chi connectivity index (χ2v) is 18.5. The maximum absolute atomic E-state index is 15.3. The van der Waals surface area contributed by atoms with Gasteiger partial charge in [-0.2, -0.15) is 0 Å². The topological polar surface area (TPSA) is 115 Å². The second kappa shape index (κ2) is 23.0. The largest absolute Gasteiger partial charge is 0.462 e. The van der Waals surface area contributed by atoms with Crippen LogP contribution in [0.5, 0.6) is 0 Å². The Bertz CT molecular complexity index is 2600. The molecule has 1 saturated heterocycles. The Morgan fingerprint density at radius 3 is 0.507 bits per heavy atom. The van der Waals surface area contributed by atoms with E-state index in [1.54, 1.807) is 0 Å². The Kier molecular flexibility index (Phi) is 15.3. The van der Waals surface area contributed by atoms with Crippen LogP contribution in [0.2, 0.25) is 0 Å². The molecule has 0 saturated carbocycles. The van der Waals surface area contributed by atoms with E-state index in [0.29, 0.717) is 0 Å². The van der Waals surface area contributed by atoms with Gasteiger partial charge in [0.2, 0.25) is 0 Å². The van der Waals surface area contributed by atoms with Crippen LogP contribution in [0.25, 0.3) is 0 Å². The van der Waals surface area contributed by atoms with Crippen LogP contribution in [0.4, 0.5) is 0 Å². The third-order valence-corrected chi connectivity index (χ3v) is 14.1. The molecule has 0 unspecified atom stereocenters. The van der Waals surface area contributed by atoms with Crippen molar-refractivity contribution in [2.75, 3.05) is 19.8 Å². The summed E-state index contributed by atoms with van der Waals surface area (Å²) in [6, 6.07) is 84.7. The van der Waals surface area contributed by atoms with Crippen LogP contribution in [-0.2, 0) is 45.2 Å². The summed E-state index contributed by atoms with van der Waals surface area (Å²) in [4.78, 5) is 46.0. The lowest BCUT2D eigenvalue weighted by Gasteiger charge is -2.41. The lowest BCUT2D eigenvalue weighted by Crippen LogP contribution is -2.59. The smallest absolute Gasteiger partial charge is 0.326 e. The second-order valence-electron chi connectivity index (χ2n) is 18.5. The van der Waals surface area contributed by atoms with E-state index in [0.717, 1.165) is 50.1 Å². The molecule has 0 radical (unpaired) electrons. The Morgan fingerprint density at radius 2 is 0.373 bits per heavy atom. The van der Waals surface area contributed by atoms with E-state index < -0.39 is 72.5 Å². The predicted octanol–water partition coefficient (Wildman–Crippen LogP) is 10.5. The van der Waals surface area contributed by atoms with Crippen LogP contribution in [0.1, 0.15) is 50.1 Å². The van der Waals surface area contributed by atoms with Gasteiger partial charge in [0.05, 0.1) is 16.6 Å². The molecule has 9 aromatic carbocycles. The van der Waals surface area contributed by atoms with Crippen molar-refractivity contribution in [2.24, 2.45) is 0 Å². The zero-order chi connectivity index (χ0) is 51.3. The maximum Gasteiger partial charge on any atom is 0.326 e. The number of cyclic esters (lactones) is 3. The molecule has 0 spiro atoms. The quantitative estimate of drug-likeness (QED) is 0.0525. The summed E-state index contributed by atoms with van der Waals surface area (Å²) in [5.41, 5.74) is 3.88. The number of carbonyl (C=O) groups excluding carboxylic acids is 3. The normalized spacial score (nSPS) is 16.8. The Hall–Kier alpha value is -8.73. The molecule has 1 fully saturated rings. The van der Waals surface area contributed by atoms with Crippen LogP contribution in [0.15, 0.2) is 273 Å². The van der Waals surface area contributed by atoms with Gasteiger partial charge in [-0.1, -0.05) is 273 Å². The predicted molar refractivity (Wildman–Crippen MR) is 291 cm³/mol. The highest BCUT2D eigenvalue weighted by molar-refractivity contribution is 5.82. The van der Waals surface area contributed by atoms with Gasteiger partial charge in [0.25, 0.3) is 0 Å². The maximum atomic E-state index is 15.3. The number of nitrogens with one attached hydrogen (secondary N) is 3. The number of esters is 3. The summed E-state index contributed by atoms with van der Waals surface area (Å²) in [5.74, 6) is -2.26. The molecule has 9 nitrogen and oxygen atoms in total. The molecule has 1 aliphatic rings. The van der Waals surface area contributed by atoms with Gasteiger partial charge in [-0.3, -0.25) is 30.3 Å². The average molecular weight is 988 g/mol. The first-order valence-corrected chi connectivity index (χ1v) is 25.2. The summed E-state index contributed by atoms with van der Waals surface area (Å²) in [7, 11) is 0. The number of benzene rings is 9. The molecule has 0 bridgehead atoms. The Morgan fingerprint density at radius 1 is 0.240 bits per heavy atom. The van der Waals surface area contributed by atoms with Crippen molar-refractivity contribution in [1.29, 1.82) is 0 Å². The highest BCUT2D eigenvalue weighted by Gasteiger charge is 2.46. The Balaban J connectivity index is 1.13. The fraction of sp³-hybridized carbons (Fsp3) is 0.136. The van der Waals surface area contributed by atoms with E-state index in [4.69, 9.17) is 14.2 Å².